The van der Waals surface area contributed by atoms with Gasteiger partial charge in [-0.3, -0.25) is 4.79 Å². The number of hydrogen-bond acceptors (Lipinski definition) is 5. The zero-order valence-corrected chi connectivity index (χ0v) is 16.0. The van der Waals surface area contributed by atoms with E-state index < -0.39 is 30.2 Å². The van der Waals surface area contributed by atoms with Crippen molar-refractivity contribution in [3.8, 4) is 5.75 Å². The number of alkyl halides is 3. The molecule has 3 aliphatic rings. The summed E-state index contributed by atoms with van der Waals surface area (Å²) < 4.78 is 46.8. The molecule has 5 nitrogen and oxygen atoms in total. The van der Waals surface area contributed by atoms with Gasteiger partial charge in [0.1, 0.15) is 11.8 Å². The van der Waals surface area contributed by atoms with Crippen molar-refractivity contribution < 1.29 is 22.7 Å². The Balaban J connectivity index is 1.90. The average Bonchev–Trinajstić information content (AvgIpc) is 3.02. The minimum atomic E-state index is -4.45. The molecule has 4 atom stereocenters. The van der Waals surface area contributed by atoms with Crippen molar-refractivity contribution in [1.82, 2.24) is 16.2 Å². The molecule has 0 saturated carbocycles. The van der Waals surface area contributed by atoms with Crippen LogP contribution >= 0.6 is 0 Å². The van der Waals surface area contributed by atoms with Crippen LogP contribution in [0.15, 0.2) is 35.5 Å². The zero-order valence-electron chi connectivity index (χ0n) is 16.0. The topological polar surface area (TPSA) is 62.4 Å². The number of methoxy groups -OCH3 is 1. The molecule has 2 aliphatic heterocycles. The lowest BCUT2D eigenvalue weighted by Gasteiger charge is -2.44. The molecule has 4 unspecified atom stereocenters. The van der Waals surface area contributed by atoms with Gasteiger partial charge in [0.25, 0.3) is 0 Å². The highest BCUT2D eigenvalue weighted by Crippen LogP contribution is 2.51. The van der Waals surface area contributed by atoms with Gasteiger partial charge in [-0.15, -0.1) is 0 Å². The fourth-order valence-electron chi connectivity index (χ4n) is 4.87. The van der Waals surface area contributed by atoms with E-state index in [9.17, 15) is 18.0 Å². The lowest BCUT2D eigenvalue weighted by Crippen LogP contribution is -2.53. The van der Waals surface area contributed by atoms with Gasteiger partial charge in [0, 0.05) is 35.1 Å². The molecular formula is C20H24F3N3O2. The number of allylic oxidation sites excluding steroid dienone is 2. The van der Waals surface area contributed by atoms with Gasteiger partial charge < -0.3 is 10.1 Å². The average molecular weight is 395 g/mol. The molecule has 8 heteroatoms. The molecule has 1 aliphatic carbocycles. The number of hydrogen-bond donors (Lipinski definition) is 3. The number of rotatable bonds is 2. The van der Waals surface area contributed by atoms with E-state index in [1.807, 2.05) is 13.8 Å². The number of ketones is 1. The minimum absolute atomic E-state index is 0.0964. The first-order valence-electron chi connectivity index (χ1n) is 9.36. The van der Waals surface area contributed by atoms with E-state index in [4.69, 9.17) is 4.74 Å². The van der Waals surface area contributed by atoms with Crippen LogP contribution in [-0.4, -0.2) is 31.3 Å². The summed E-state index contributed by atoms with van der Waals surface area (Å²) in [6.45, 7) is 4.00. The van der Waals surface area contributed by atoms with Gasteiger partial charge >= 0.3 is 6.18 Å². The Morgan fingerprint density at radius 1 is 1.14 bits per heavy atom. The number of fused-ring (bicyclic) bond motifs is 1. The molecule has 152 valence electrons. The number of nitrogens with one attached hydrogen (secondary N) is 3. The second kappa shape index (κ2) is 6.49. The van der Waals surface area contributed by atoms with Crippen LogP contribution in [0.25, 0.3) is 0 Å². The monoisotopic (exact) mass is 395 g/mol. The summed E-state index contributed by atoms with van der Waals surface area (Å²) in [5, 5.41) is 3.19. The number of Topliss-reactive ketones (excluding diaryl/α,β-unsaturated/α-hetero) is 1. The number of para-hydroxylation sites is 1. The number of ether oxygens (including phenoxy) is 1. The first-order chi connectivity index (χ1) is 13.1. The lowest BCUT2D eigenvalue weighted by molar-refractivity contribution is -0.164. The van der Waals surface area contributed by atoms with Gasteiger partial charge in [-0.25, -0.2) is 10.9 Å². The summed E-state index contributed by atoms with van der Waals surface area (Å²) in [6.07, 6.45) is -4.17. The molecule has 0 bridgehead atoms. The molecule has 1 aromatic carbocycles. The smallest absolute Gasteiger partial charge is 0.405 e. The van der Waals surface area contributed by atoms with Crippen molar-refractivity contribution in [3.05, 3.63) is 41.1 Å². The highest BCUT2D eigenvalue weighted by Gasteiger charge is 2.58. The fourth-order valence-corrected chi connectivity index (χ4v) is 4.87. The molecule has 0 aromatic heterocycles. The maximum absolute atomic E-state index is 13.8. The van der Waals surface area contributed by atoms with Crippen LogP contribution in [0.2, 0.25) is 0 Å². The van der Waals surface area contributed by atoms with Crippen LogP contribution in [0.1, 0.15) is 38.2 Å². The van der Waals surface area contributed by atoms with Crippen LogP contribution in [0.5, 0.6) is 5.75 Å². The van der Waals surface area contributed by atoms with E-state index in [1.54, 1.807) is 24.3 Å². The highest BCUT2D eigenvalue weighted by atomic mass is 19.4. The second-order valence-electron chi connectivity index (χ2n) is 8.56. The van der Waals surface area contributed by atoms with E-state index in [0.717, 1.165) is 5.70 Å². The van der Waals surface area contributed by atoms with Crippen molar-refractivity contribution in [2.24, 2.45) is 11.3 Å². The van der Waals surface area contributed by atoms with Gasteiger partial charge in [0.15, 0.2) is 5.78 Å². The van der Waals surface area contributed by atoms with Crippen molar-refractivity contribution in [3.63, 3.8) is 0 Å². The van der Waals surface area contributed by atoms with E-state index in [0.29, 0.717) is 29.7 Å². The van der Waals surface area contributed by atoms with Crippen LogP contribution < -0.4 is 20.9 Å². The number of hydrazine groups is 1. The Bertz CT molecular complexity index is 834. The number of carbonyl (C=O) groups excluding carboxylic acids is 1. The minimum Gasteiger partial charge on any atom is -0.496 e. The van der Waals surface area contributed by atoms with Crippen LogP contribution in [0, 0.1) is 11.3 Å². The van der Waals surface area contributed by atoms with E-state index in [2.05, 4.69) is 16.2 Å². The second-order valence-corrected chi connectivity index (χ2v) is 8.56. The first kappa shape index (κ1) is 19.3. The summed E-state index contributed by atoms with van der Waals surface area (Å²) >= 11 is 0. The normalized spacial score (nSPS) is 31.9. The standard InChI is InChI=1S/C20H24F3N3O2/c1-19(2)8-11-15(12(27)9-19)14(10-6-4-5-7-13(10)28-3)16-17(20(21,22)23)25-26-18(16)24-11/h4-7,14,16-18,24-26H,8-9H2,1-3H3. The third-order valence-corrected chi connectivity index (χ3v) is 5.94. The van der Waals surface area contributed by atoms with E-state index in [-0.39, 0.29) is 11.2 Å². The van der Waals surface area contributed by atoms with Gasteiger partial charge in [0.2, 0.25) is 0 Å². The first-order valence-corrected chi connectivity index (χ1v) is 9.36. The Kier molecular flexibility index (Phi) is 4.46. The van der Waals surface area contributed by atoms with Crippen molar-refractivity contribution >= 4 is 5.78 Å². The molecule has 1 aromatic rings. The van der Waals surface area contributed by atoms with Crippen LogP contribution in [0.3, 0.4) is 0 Å². The molecular weight excluding hydrogens is 371 g/mol. The lowest BCUT2D eigenvalue weighted by atomic mass is 9.65. The number of benzene rings is 1. The molecule has 28 heavy (non-hydrogen) atoms. The SMILES string of the molecule is COc1ccccc1C1C2=C(CC(C)(C)CC2=O)NC2NNC(C(F)(F)F)C21. The maximum atomic E-state index is 13.8. The molecule has 0 amide bonds. The third-order valence-electron chi connectivity index (χ3n) is 5.94. The van der Waals surface area contributed by atoms with E-state index >= 15 is 0 Å². The maximum Gasteiger partial charge on any atom is 0.405 e. The molecule has 0 spiro atoms. The highest BCUT2D eigenvalue weighted by molar-refractivity contribution is 5.99. The molecule has 1 saturated heterocycles. The summed E-state index contributed by atoms with van der Waals surface area (Å²) in [5.74, 6) is -1.23. The molecule has 1 fully saturated rings. The van der Waals surface area contributed by atoms with Gasteiger partial charge in [-0.1, -0.05) is 32.0 Å². The Morgan fingerprint density at radius 3 is 2.54 bits per heavy atom. The summed E-state index contributed by atoms with van der Waals surface area (Å²) in [7, 11) is 1.49. The van der Waals surface area contributed by atoms with Crippen molar-refractivity contribution in [2.75, 3.05) is 7.11 Å². The predicted octanol–water partition coefficient (Wildman–Crippen LogP) is 3.01. The van der Waals surface area contributed by atoms with E-state index in [1.165, 1.54) is 7.11 Å². The quantitative estimate of drug-likeness (QED) is 0.719. The summed E-state index contributed by atoms with van der Waals surface area (Å²) in [6, 6.07) is 5.24. The molecule has 2 heterocycles. The Hall–Kier alpha value is -2.06. The molecule has 4 rings (SSSR count). The van der Waals surface area contributed by atoms with Gasteiger partial charge in [-0.05, 0) is 17.9 Å². The zero-order chi connectivity index (χ0) is 20.3. The Morgan fingerprint density at radius 2 is 1.86 bits per heavy atom. The predicted molar refractivity (Wildman–Crippen MR) is 97.3 cm³/mol. The number of halogens is 3. The molecule has 3 N–H and O–H groups in total. The molecule has 0 radical (unpaired) electrons. The van der Waals surface area contributed by atoms with Crippen LogP contribution in [-0.2, 0) is 4.79 Å². The Labute approximate surface area is 161 Å². The van der Waals surface area contributed by atoms with Gasteiger partial charge in [-0.2, -0.15) is 13.2 Å². The van der Waals surface area contributed by atoms with Gasteiger partial charge in [0.05, 0.1) is 13.3 Å². The fraction of sp³-hybridized carbons (Fsp3) is 0.550. The number of carbonyl (C=O) groups is 1. The van der Waals surface area contributed by atoms with Crippen molar-refractivity contribution in [1.29, 1.82) is 0 Å². The summed E-state index contributed by atoms with van der Waals surface area (Å²) in [5.41, 5.74) is 6.73. The third kappa shape index (κ3) is 3.08. The largest absolute Gasteiger partial charge is 0.496 e. The van der Waals surface area contributed by atoms with Crippen LogP contribution in [0.4, 0.5) is 13.2 Å². The van der Waals surface area contributed by atoms with Crippen molar-refractivity contribution in [2.45, 2.75) is 51.0 Å². The summed E-state index contributed by atoms with van der Waals surface area (Å²) in [4.78, 5) is 13.1.